The third-order valence-electron chi connectivity index (χ3n) is 3.05. The molecule has 1 rings (SSSR count). The first-order valence-electron chi connectivity index (χ1n) is 7.22. The summed E-state index contributed by atoms with van der Waals surface area (Å²) in [6.07, 6.45) is -8.35. The second kappa shape index (κ2) is 11.8. The summed E-state index contributed by atoms with van der Waals surface area (Å²) in [6, 6.07) is -1.61. The summed E-state index contributed by atoms with van der Waals surface area (Å²) >= 11 is 0. The number of amides is 1. The molecular weight excluding hydrogens is 346 g/mol. The second-order valence-electron chi connectivity index (χ2n) is 5.10. The van der Waals surface area contributed by atoms with Crippen LogP contribution in [0.15, 0.2) is 0 Å². The van der Waals surface area contributed by atoms with Crippen molar-refractivity contribution >= 4 is 17.7 Å². The van der Waals surface area contributed by atoms with E-state index in [9.17, 15) is 34.8 Å². The Labute approximate surface area is 142 Å². The number of Topliss-reactive ketones (excluding diaryl/α,β-unsaturated/α-hetero) is 1. The number of carboxylic acids is 1. The zero-order valence-corrected chi connectivity index (χ0v) is 13.4. The van der Waals surface area contributed by atoms with Gasteiger partial charge < -0.3 is 36.0 Å². The van der Waals surface area contributed by atoms with Gasteiger partial charge in [0.1, 0.15) is 31.5 Å². The first-order chi connectivity index (χ1) is 11.6. The highest BCUT2D eigenvalue weighted by Crippen LogP contribution is 2.11. The van der Waals surface area contributed by atoms with E-state index < -0.39 is 61.1 Å². The van der Waals surface area contributed by atoms with Crippen molar-refractivity contribution in [1.82, 2.24) is 5.32 Å². The quantitative estimate of drug-likeness (QED) is 0.154. The van der Waals surface area contributed by atoms with Crippen molar-refractivity contribution in [3.63, 3.8) is 0 Å². The van der Waals surface area contributed by atoms with E-state index in [2.05, 4.69) is 9.78 Å². The van der Waals surface area contributed by atoms with Crippen LogP contribution >= 0.6 is 0 Å². The fourth-order valence-electron chi connectivity index (χ4n) is 1.68. The van der Waals surface area contributed by atoms with Gasteiger partial charge in [0.15, 0.2) is 0 Å². The highest BCUT2D eigenvalue weighted by Gasteiger charge is 2.37. The van der Waals surface area contributed by atoms with Gasteiger partial charge in [-0.3, -0.25) is 9.59 Å². The average molecular weight is 369 g/mol. The molecule has 1 fully saturated rings. The van der Waals surface area contributed by atoms with Crippen molar-refractivity contribution in [2.24, 2.45) is 0 Å². The van der Waals surface area contributed by atoms with Gasteiger partial charge in [0.05, 0.1) is 18.8 Å². The van der Waals surface area contributed by atoms with E-state index in [1.807, 2.05) is 5.32 Å². The zero-order valence-electron chi connectivity index (χ0n) is 13.4. The van der Waals surface area contributed by atoms with Crippen LogP contribution < -0.4 is 5.32 Å². The molecule has 25 heavy (non-hydrogen) atoms. The lowest BCUT2D eigenvalue weighted by Crippen LogP contribution is -2.57. The Morgan fingerprint density at radius 2 is 1.48 bits per heavy atom. The third-order valence-corrected chi connectivity index (χ3v) is 3.05. The predicted octanol–water partition coefficient (Wildman–Crippen LogP) is -4.08. The number of hydrogen-bond acceptors (Lipinski definition) is 10. The van der Waals surface area contributed by atoms with E-state index in [4.69, 9.17) is 10.2 Å². The van der Waals surface area contributed by atoms with Crippen molar-refractivity contribution in [2.45, 2.75) is 43.8 Å². The van der Waals surface area contributed by atoms with Gasteiger partial charge in [-0.25, -0.2) is 14.6 Å². The Kier molecular flexibility index (Phi) is 11.0. The summed E-state index contributed by atoms with van der Waals surface area (Å²) in [5.41, 5.74) is 0. The predicted molar refractivity (Wildman–Crippen MR) is 77.9 cm³/mol. The minimum Gasteiger partial charge on any atom is -0.475 e. The summed E-state index contributed by atoms with van der Waals surface area (Å²) in [6.45, 7) is 1.69. The summed E-state index contributed by atoms with van der Waals surface area (Å²) in [5, 5.41) is 57.4. The van der Waals surface area contributed by atoms with Crippen LogP contribution in [0.5, 0.6) is 0 Å². The molecular formula is C13H23NO11. The van der Waals surface area contributed by atoms with E-state index in [0.29, 0.717) is 0 Å². The number of carbonyl (C=O) groups is 3. The fourth-order valence-corrected chi connectivity index (χ4v) is 1.68. The van der Waals surface area contributed by atoms with E-state index in [0.717, 1.165) is 20.1 Å². The maximum atomic E-state index is 11.0. The molecule has 12 heteroatoms. The minimum absolute atomic E-state index is 0.730. The van der Waals surface area contributed by atoms with Gasteiger partial charge in [0, 0.05) is 13.3 Å². The molecule has 0 saturated carbocycles. The molecule has 1 saturated heterocycles. The Morgan fingerprint density at radius 1 is 1.00 bits per heavy atom. The SMILES string of the molecule is C1COO1.CC(=O)N[C@@H]([C@@H](O)[C@H](O)[C@H](O)CO)[C@@H](O)CC(=O)C(=O)O. The van der Waals surface area contributed by atoms with Crippen LogP contribution in [0, 0.1) is 0 Å². The molecule has 0 bridgehead atoms. The number of ketones is 1. The number of carboxylic acid groups (broad SMARTS) is 1. The highest BCUT2D eigenvalue weighted by atomic mass is 17.2. The molecule has 0 aromatic heterocycles. The monoisotopic (exact) mass is 369 g/mol. The van der Waals surface area contributed by atoms with Crippen LogP contribution in [0.4, 0.5) is 0 Å². The molecule has 1 heterocycles. The number of aliphatic hydroxyl groups excluding tert-OH is 5. The lowest BCUT2D eigenvalue weighted by atomic mass is 9.94. The third kappa shape index (κ3) is 8.83. The molecule has 5 atom stereocenters. The number of aliphatic carboxylic acids is 1. The Hall–Kier alpha value is -1.67. The molecule has 12 nitrogen and oxygen atoms in total. The van der Waals surface area contributed by atoms with E-state index >= 15 is 0 Å². The smallest absolute Gasteiger partial charge is 0.372 e. The van der Waals surface area contributed by atoms with Crippen LogP contribution in [0.1, 0.15) is 13.3 Å². The maximum Gasteiger partial charge on any atom is 0.372 e. The van der Waals surface area contributed by atoms with Gasteiger partial charge in [-0.15, -0.1) is 0 Å². The Balaban J connectivity index is 0.00000125. The molecule has 7 N–H and O–H groups in total. The molecule has 1 aliphatic rings. The van der Waals surface area contributed by atoms with Gasteiger partial charge in [0.2, 0.25) is 11.7 Å². The first-order valence-corrected chi connectivity index (χ1v) is 7.22. The van der Waals surface area contributed by atoms with Gasteiger partial charge in [-0.2, -0.15) is 0 Å². The first kappa shape index (κ1) is 23.3. The van der Waals surface area contributed by atoms with Crippen molar-refractivity contribution in [3.8, 4) is 0 Å². The number of hydrogen-bond donors (Lipinski definition) is 7. The largest absolute Gasteiger partial charge is 0.475 e. The van der Waals surface area contributed by atoms with Crippen LogP contribution in [0.3, 0.4) is 0 Å². The molecule has 0 aromatic carbocycles. The van der Waals surface area contributed by atoms with Crippen LogP contribution in [0.25, 0.3) is 0 Å². The topological polar surface area (TPSA) is 203 Å². The van der Waals surface area contributed by atoms with Crippen molar-refractivity contribution in [2.75, 3.05) is 19.8 Å². The summed E-state index contributed by atoms with van der Waals surface area (Å²) in [4.78, 5) is 40.9. The van der Waals surface area contributed by atoms with Crippen molar-refractivity contribution < 1.29 is 54.8 Å². The molecule has 0 aliphatic carbocycles. The Bertz CT molecular complexity index is 436. The van der Waals surface area contributed by atoms with E-state index in [-0.39, 0.29) is 0 Å². The zero-order chi connectivity index (χ0) is 19.6. The average Bonchev–Trinajstić information content (AvgIpc) is 2.48. The minimum atomic E-state index is -1.94. The number of rotatable bonds is 9. The molecule has 0 radical (unpaired) electrons. The standard InChI is InChI=1S/C11H19NO9.C2H4O2/c1-4(14)12-8(5(15)2-6(16)11(20)21)10(19)9(18)7(17)3-13;1-2-4-3-1/h5,7-10,13,15,17-19H,2-3H2,1H3,(H,12,14)(H,20,21);1-2H2/t5-,7+,8+,9+,10+;/m0./s1. The van der Waals surface area contributed by atoms with Gasteiger partial charge in [-0.1, -0.05) is 0 Å². The van der Waals surface area contributed by atoms with Crippen molar-refractivity contribution in [1.29, 1.82) is 0 Å². The van der Waals surface area contributed by atoms with Gasteiger partial charge in [-0.05, 0) is 0 Å². The molecule has 0 spiro atoms. The molecule has 146 valence electrons. The van der Waals surface area contributed by atoms with E-state index in [1.54, 1.807) is 0 Å². The normalized spacial score (nSPS) is 19.1. The second-order valence-corrected chi connectivity index (χ2v) is 5.10. The lowest BCUT2D eigenvalue weighted by molar-refractivity contribution is -0.382. The van der Waals surface area contributed by atoms with Crippen LogP contribution in [-0.2, 0) is 24.2 Å². The molecule has 0 aromatic rings. The summed E-state index contributed by atoms with van der Waals surface area (Å²) in [5.74, 6) is -3.89. The maximum absolute atomic E-state index is 11.0. The highest BCUT2D eigenvalue weighted by molar-refractivity contribution is 6.32. The summed E-state index contributed by atoms with van der Waals surface area (Å²) in [7, 11) is 0. The van der Waals surface area contributed by atoms with Crippen LogP contribution in [-0.4, -0.2) is 98.6 Å². The number of aliphatic hydroxyl groups is 5. The fraction of sp³-hybridized carbons (Fsp3) is 0.769. The van der Waals surface area contributed by atoms with Gasteiger partial charge in [0.25, 0.3) is 0 Å². The van der Waals surface area contributed by atoms with Crippen molar-refractivity contribution in [3.05, 3.63) is 0 Å². The Morgan fingerprint density at radius 3 is 1.80 bits per heavy atom. The summed E-state index contributed by atoms with van der Waals surface area (Å²) < 4.78 is 0. The number of nitrogens with one attached hydrogen (secondary N) is 1. The van der Waals surface area contributed by atoms with Gasteiger partial charge >= 0.3 is 5.97 Å². The van der Waals surface area contributed by atoms with E-state index in [1.165, 1.54) is 0 Å². The van der Waals surface area contributed by atoms with Crippen LogP contribution in [0.2, 0.25) is 0 Å². The lowest BCUT2D eigenvalue weighted by Gasteiger charge is -2.32. The molecule has 1 aliphatic heterocycles. The number of carbonyl (C=O) groups excluding carboxylic acids is 2. The molecule has 1 amide bonds. The molecule has 0 unspecified atom stereocenters.